The highest BCUT2D eigenvalue weighted by atomic mass is 16.4. The van der Waals surface area contributed by atoms with Crippen LogP contribution in [0, 0.1) is 27.7 Å². The van der Waals surface area contributed by atoms with Crippen LogP contribution >= 0.6 is 0 Å². The molecule has 0 bridgehead atoms. The maximum atomic E-state index is 11.4. The van der Waals surface area contributed by atoms with E-state index in [-0.39, 0.29) is 12.8 Å². The Kier molecular flexibility index (Phi) is 4.73. The van der Waals surface area contributed by atoms with Crippen LogP contribution in [0.2, 0.25) is 0 Å². The van der Waals surface area contributed by atoms with Crippen molar-refractivity contribution in [2.24, 2.45) is 0 Å². The van der Waals surface area contributed by atoms with Gasteiger partial charge in [0.15, 0.2) is 0 Å². The summed E-state index contributed by atoms with van der Waals surface area (Å²) in [6, 6.07) is 12.5. The average molecular weight is 400 g/mol. The van der Waals surface area contributed by atoms with Crippen LogP contribution < -0.4 is 0 Å². The Hall–Kier alpha value is -3.40. The molecule has 0 fully saturated rings. The molecule has 0 spiro atoms. The topological polar surface area (TPSA) is 74.6 Å². The zero-order valence-electron chi connectivity index (χ0n) is 17.6. The van der Waals surface area contributed by atoms with Crippen molar-refractivity contribution >= 4 is 44.3 Å². The van der Waals surface area contributed by atoms with Crippen molar-refractivity contribution in [3.63, 3.8) is 0 Å². The van der Waals surface area contributed by atoms with Gasteiger partial charge in [0.1, 0.15) is 0 Å². The lowest BCUT2D eigenvalue weighted by Gasteiger charge is -2.17. The van der Waals surface area contributed by atoms with Gasteiger partial charge in [-0.15, -0.1) is 0 Å². The molecule has 0 atom stereocenters. The van der Waals surface area contributed by atoms with Crippen LogP contribution in [0.5, 0.6) is 0 Å². The van der Waals surface area contributed by atoms with Crippen molar-refractivity contribution in [1.29, 1.82) is 0 Å². The van der Waals surface area contributed by atoms with E-state index in [9.17, 15) is 19.8 Å². The Balaban J connectivity index is 2.21. The van der Waals surface area contributed by atoms with Gasteiger partial charge in [0.2, 0.25) is 0 Å². The third-order valence-electron chi connectivity index (χ3n) is 6.14. The quantitative estimate of drug-likeness (QED) is 0.435. The molecule has 4 nitrogen and oxygen atoms in total. The second-order valence-corrected chi connectivity index (χ2v) is 8.27. The van der Waals surface area contributed by atoms with Crippen LogP contribution in [0.1, 0.15) is 33.4 Å². The summed E-state index contributed by atoms with van der Waals surface area (Å²) in [6.45, 7) is 8.03. The van der Waals surface area contributed by atoms with E-state index in [1.807, 2.05) is 26.0 Å². The molecule has 4 rings (SSSR count). The number of hydrogen-bond acceptors (Lipinski definition) is 2. The van der Waals surface area contributed by atoms with Gasteiger partial charge in [0.25, 0.3) is 0 Å². The highest BCUT2D eigenvalue weighted by Crippen LogP contribution is 2.39. The van der Waals surface area contributed by atoms with Crippen LogP contribution in [0.25, 0.3) is 32.3 Å². The standard InChI is InChI=1S/C26H24O4/c1-13-5-19-20(6-14(13)2)24-10-18(12-26(29)30)16(4)8-22(24)21-7-15(3)17(9-23(19)21)11-25(27)28/h5-10H,11-12H2,1-4H3,(H,27,28)(H,29,30). The van der Waals surface area contributed by atoms with Gasteiger partial charge in [-0.05, 0) is 106 Å². The molecular weight excluding hydrogens is 376 g/mol. The number of aliphatic carboxylic acids is 2. The number of fused-ring (bicyclic) bond motifs is 6. The molecule has 0 saturated heterocycles. The lowest BCUT2D eigenvalue weighted by Crippen LogP contribution is -2.03. The molecule has 0 aliphatic carbocycles. The monoisotopic (exact) mass is 400 g/mol. The molecule has 0 saturated carbocycles. The zero-order chi connectivity index (χ0) is 21.7. The first-order valence-electron chi connectivity index (χ1n) is 9.98. The molecule has 152 valence electrons. The highest BCUT2D eigenvalue weighted by molar-refractivity contribution is 6.26. The molecule has 30 heavy (non-hydrogen) atoms. The minimum Gasteiger partial charge on any atom is -0.481 e. The second kappa shape index (κ2) is 7.13. The number of aryl methyl sites for hydroxylation is 4. The molecule has 0 amide bonds. The number of rotatable bonds is 4. The molecule has 2 N–H and O–H groups in total. The predicted molar refractivity (Wildman–Crippen MR) is 121 cm³/mol. The molecule has 4 aromatic rings. The van der Waals surface area contributed by atoms with Crippen LogP contribution in [0.4, 0.5) is 0 Å². The van der Waals surface area contributed by atoms with E-state index >= 15 is 0 Å². The van der Waals surface area contributed by atoms with Gasteiger partial charge in [0, 0.05) is 0 Å². The number of carboxylic acids is 2. The Labute approximate surface area is 174 Å². The molecule has 0 radical (unpaired) electrons. The minimum absolute atomic E-state index is 0.0112. The van der Waals surface area contributed by atoms with Gasteiger partial charge in [0.05, 0.1) is 12.8 Å². The number of carbonyl (C=O) groups is 2. The van der Waals surface area contributed by atoms with Crippen LogP contribution in [0.3, 0.4) is 0 Å². The Morgan fingerprint density at radius 1 is 0.533 bits per heavy atom. The average Bonchev–Trinajstić information content (AvgIpc) is 2.65. The maximum absolute atomic E-state index is 11.4. The van der Waals surface area contributed by atoms with Crippen molar-refractivity contribution in [1.82, 2.24) is 0 Å². The van der Waals surface area contributed by atoms with Crippen LogP contribution in [0.15, 0.2) is 36.4 Å². The Morgan fingerprint density at radius 2 is 0.800 bits per heavy atom. The fourth-order valence-corrected chi connectivity index (χ4v) is 4.37. The minimum atomic E-state index is -0.844. The maximum Gasteiger partial charge on any atom is 0.307 e. The summed E-state index contributed by atoms with van der Waals surface area (Å²) in [5.74, 6) is -1.69. The van der Waals surface area contributed by atoms with Gasteiger partial charge in [-0.25, -0.2) is 0 Å². The first-order valence-corrected chi connectivity index (χ1v) is 9.98. The van der Waals surface area contributed by atoms with E-state index in [0.717, 1.165) is 54.6 Å². The fraction of sp³-hybridized carbons (Fsp3) is 0.231. The lowest BCUT2D eigenvalue weighted by molar-refractivity contribution is -0.137. The zero-order valence-corrected chi connectivity index (χ0v) is 17.6. The SMILES string of the molecule is Cc1cc2c(cc1C)c1cc(CC(=O)O)c(C)cc1c1cc(C)c(CC(=O)O)cc21. The van der Waals surface area contributed by atoms with E-state index in [1.165, 1.54) is 11.1 Å². The summed E-state index contributed by atoms with van der Waals surface area (Å²) in [6.07, 6.45) is -0.0224. The second-order valence-electron chi connectivity index (χ2n) is 8.27. The van der Waals surface area contributed by atoms with Crippen LogP contribution in [-0.2, 0) is 22.4 Å². The van der Waals surface area contributed by atoms with Crippen molar-refractivity contribution < 1.29 is 19.8 Å². The number of benzene rings is 4. The van der Waals surface area contributed by atoms with Gasteiger partial charge >= 0.3 is 11.9 Å². The van der Waals surface area contributed by atoms with Crippen LogP contribution in [-0.4, -0.2) is 22.2 Å². The van der Waals surface area contributed by atoms with E-state index in [0.29, 0.717) is 0 Å². The predicted octanol–water partition coefficient (Wildman–Crippen LogP) is 5.63. The Bertz CT molecular complexity index is 1250. The summed E-state index contributed by atoms with van der Waals surface area (Å²) in [5.41, 5.74) is 5.85. The fourth-order valence-electron chi connectivity index (χ4n) is 4.37. The van der Waals surface area contributed by atoms with Gasteiger partial charge in [-0.2, -0.15) is 0 Å². The first kappa shape index (κ1) is 19.9. The molecule has 4 aromatic carbocycles. The van der Waals surface area contributed by atoms with Crippen molar-refractivity contribution in [3.8, 4) is 0 Å². The summed E-state index contributed by atoms with van der Waals surface area (Å²) in [5, 5.41) is 25.0. The first-order chi connectivity index (χ1) is 14.2. The normalized spacial score (nSPS) is 11.5. The molecule has 0 aliphatic heterocycles. The molecule has 0 unspecified atom stereocenters. The molecule has 0 aromatic heterocycles. The highest BCUT2D eigenvalue weighted by Gasteiger charge is 2.16. The number of carboxylic acid groups (broad SMARTS) is 2. The molecule has 4 heteroatoms. The van der Waals surface area contributed by atoms with E-state index in [1.54, 1.807) is 0 Å². The van der Waals surface area contributed by atoms with Crippen molar-refractivity contribution in [2.75, 3.05) is 0 Å². The van der Waals surface area contributed by atoms with E-state index in [4.69, 9.17) is 0 Å². The molecule has 0 aliphatic rings. The smallest absolute Gasteiger partial charge is 0.307 e. The largest absolute Gasteiger partial charge is 0.481 e. The van der Waals surface area contributed by atoms with Crippen molar-refractivity contribution in [3.05, 3.63) is 69.8 Å². The Morgan fingerprint density at radius 3 is 1.10 bits per heavy atom. The van der Waals surface area contributed by atoms with Gasteiger partial charge < -0.3 is 10.2 Å². The molecule has 0 heterocycles. The number of hydrogen-bond donors (Lipinski definition) is 2. The summed E-state index contributed by atoms with van der Waals surface area (Å²) >= 11 is 0. The lowest BCUT2D eigenvalue weighted by atomic mass is 9.87. The summed E-state index contributed by atoms with van der Waals surface area (Å²) in [7, 11) is 0. The molecular formula is C26H24O4. The van der Waals surface area contributed by atoms with E-state index < -0.39 is 11.9 Å². The summed E-state index contributed by atoms with van der Waals surface area (Å²) in [4.78, 5) is 22.7. The van der Waals surface area contributed by atoms with E-state index in [2.05, 4.69) is 38.1 Å². The van der Waals surface area contributed by atoms with Gasteiger partial charge in [-0.3, -0.25) is 9.59 Å². The van der Waals surface area contributed by atoms with Gasteiger partial charge in [-0.1, -0.05) is 24.3 Å². The van der Waals surface area contributed by atoms with Crippen molar-refractivity contribution in [2.45, 2.75) is 40.5 Å². The third kappa shape index (κ3) is 3.28. The third-order valence-corrected chi connectivity index (χ3v) is 6.14. The summed E-state index contributed by atoms with van der Waals surface area (Å²) < 4.78 is 0.